The maximum atomic E-state index is 13.3. The number of carbonyl (C=O) groups is 5. The fourth-order valence-electron chi connectivity index (χ4n) is 6.57. The number of ketones is 1. The van der Waals surface area contributed by atoms with Gasteiger partial charge in [-0.25, -0.2) is 9.97 Å². The van der Waals surface area contributed by atoms with E-state index in [0.717, 1.165) is 23.4 Å². The minimum absolute atomic E-state index is 0.0633. The summed E-state index contributed by atoms with van der Waals surface area (Å²) in [6.45, 7) is 2.52. The molecule has 0 bridgehead atoms. The highest BCUT2D eigenvalue weighted by atomic mass is 35.5. The molecular formula is C37H32ClN7O7. The number of fused-ring (bicyclic) bond motifs is 2. The number of ether oxygens (including phenoxy) is 1. The van der Waals surface area contributed by atoms with Gasteiger partial charge in [-0.15, -0.1) is 0 Å². The van der Waals surface area contributed by atoms with E-state index in [4.69, 9.17) is 16.3 Å². The molecule has 7 rings (SSSR count). The molecule has 2 aromatic heterocycles. The predicted octanol–water partition coefficient (Wildman–Crippen LogP) is 3.36. The van der Waals surface area contributed by atoms with Crippen LogP contribution in [0.2, 0.25) is 5.02 Å². The molecular weight excluding hydrogens is 690 g/mol. The van der Waals surface area contributed by atoms with Gasteiger partial charge in [0, 0.05) is 49.2 Å². The molecule has 0 aliphatic carbocycles. The Kier molecular flexibility index (Phi) is 9.20. The number of benzene rings is 2. The first-order valence-electron chi connectivity index (χ1n) is 16.6. The van der Waals surface area contributed by atoms with E-state index in [2.05, 4.69) is 37.3 Å². The Labute approximate surface area is 302 Å². The summed E-state index contributed by atoms with van der Waals surface area (Å²) in [6.07, 6.45) is 3.13. The van der Waals surface area contributed by atoms with E-state index in [1.165, 1.54) is 17.7 Å². The molecule has 3 aliphatic rings. The molecule has 14 nitrogen and oxygen atoms in total. The van der Waals surface area contributed by atoms with Crippen molar-refractivity contribution in [3.05, 3.63) is 81.0 Å². The number of rotatable bonds is 7. The van der Waals surface area contributed by atoms with Gasteiger partial charge in [-0.2, -0.15) is 0 Å². The summed E-state index contributed by atoms with van der Waals surface area (Å²) in [4.78, 5) is 86.3. The first-order chi connectivity index (χ1) is 25.0. The van der Waals surface area contributed by atoms with Crippen LogP contribution in [-0.4, -0.2) is 74.6 Å². The number of hydrogen-bond acceptors (Lipinski definition) is 11. The van der Waals surface area contributed by atoms with E-state index < -0.39 is 29.7 Å². The quantitative estimate of drug-likeness (QED) is 0.212. The summed E-state index contributed by atoms with van der Waals surface area (Å²) >= 11 is 6.43. The first kappa shape index (κ1) is 34.4. The van der Waals surface area contributed by atoms with Gasteiger partial charge in [0.15, 0.2) is 17.4 Å². The highest BCUT2D eigenvalue weighted by Crippen LogP contribution is 2.32. The van der Waals surface area contributed by atoms with Crippen LogP contribution in [-0.2, 0) is 21.4 Å². The lowest BCUT2D eigenvalue weighted by molar-refractivity contribution is -0.136. The first-order valence-corrected chi connectivity index (χ1v) is 17.0. The monoisotopic (exact) mass is 721 g/mol. The van der Waals surface area contributed by atoms with E-state index in [9.17, 15) is 28.8 Å². The van der Waals surface area contributed by atoms with E-state index in [0.29, 0.717) is 46.3 Å². The number of imide groups is 2. The van der Waals surface area contributed by atoms with Gasteiger partial charge in [0.2, 0.25) is 17.6 Å². The van der Waals surface area contributed by atoms with Crippen molar-refractivity contribution < 1.29 is 28.7 Å². The fourth-order valence-corrected chi connectivity index (χ4v) is 6.71. The van der Waals surface area contributed by atoms with E-state index in [1.807, 2.05) is 6.07 Å². The summed E-state index contributed by atoms with van der Waals surface area (Å²) in [5.41, 5.74) is 2.26. The molecule has 264 valence electrons. The molecule has 4 aromatic rings. The number of nitrogens with zero attached hydrogens (tertiary/aromatic N) is 5. The van der Waals surface area contributed by atoms with Crippen LogP contribution >= 0.6 is 11.6 Å². The fraction of sp³-hybridized carbons (Fsp3) is 0.297. The van der Waals surface area contributed by atoms with Crippen LogP contribution in [0.15, 0.2) is 53.5 Å². The van der Waals surface area contributed by atoms with E-state index >= 15 is 0 Å². The second-order valence-corrected chi connectivity index (χ2v) is 13.3. The van der Waals surface area contributed by atoms with Crippen LogP contribution in [0.1, 0.15) is 59.1 Å². The van der Waals surface area contributed by atoms with Gasteiger partial charge in [0.1, 0.15) is 17.7 Å². The summed E-state index contributed by atoms with van der Waals surface area (Å²) in [5, 5.41) is 6.41. The molecule has 2 saturated heterocycles. The zero-order valence-electron chi connectivity index (χ0n) is 28.2. The summed E-state index contributed by atoms with van der Waals surface area (Å²) < 4.78 is 6.89. The number of amides is 4. The number of Topliss-reactive ketones (excluding diaryl/α,β-unsaturated/α-hetero) is 1. The minimum Gasteiger partial charge on any atom is -0.480 e. The maximum Gasteiger partial charge on any atom is 0.293 e. The Morgan fingerprint density at radius 1 is 1.02 bits per heavy atom. The van der Waals surface area contributed by atoms with Crippen molar-refractivity contribution in [2.45, 2.75) is 38.6 Å². The third-order valence-electron chi connectivity index (χ3n) is 9.30. The smallest absolute Gasteiger partial charge is 0.293 e. The lowest BCUT2D eigenvalue weighted by Gasteiger charge is -2.31. The van der Waals surface area contributed by atoms with Gasteiger partial charge in [0.05, 0.1) is 22.8 Å². The number of carbonyl (C=O) groups excluding carboxylic acids is 5. The average Bonchev–Trinajstić information content (AvgIpc) is 3.37. The minimum atomic E-state index is -1.01. The van der Waals surface area contributed by atoms with Gasteiger partial charge < -0.3 is 19.5 Å². The van der Waals surface area contributed by atoms with Gasteiger partial charge in [-0.1, -0.05) is 17.5 Å². The van der Waals surface area contributed by atoms with Gasteiger partial charge in [-0.05, 0) is 74.6 Å². The number of nitrogens with one attached hydrogen (secondary N) is 2. The molecule has 2 N–H and O–H groups in total. The Morgan fingerprint density at radius 3 is 2.54 bits per heavy atom. The largest absolute Gasteiger partial charge is 0.480 e. The Balaban J connectivity index is 1.00. The molecule has 0 saturated carbocycles. The lowest BCUT2D eigenvalue weighted by Crippen LogP contribution is -2.54. The molecule has 2 fully saturated rings. The van der Waals surface area contributed by atoms with Crippen LogP contribution in [0.3, 0.4) is 0 Å². The summed E-state index contributed by atoms with van der Waals surface area (Å²) in [6, 6.07) is 11.1. The number of aromatic nitrogens is 3. The number of piperidine rings is 2. The zero-order valence-corrected chi connectivity index (χ0v) is 29.0. The molecule has 2 aromatic carbocycles. The second kappa shape index (κ2) is 13.9. The van der Waals surface area contributed by atoms with Crippen LogP contribution in [0, 0.1) is 17.8 Å². The van der Waals surface area contributed by atoms with Crippen molar-refractivity contribution in [1.29, 1.82) is 0 Å². The normalized spacial score (nSPS) is 17.5. The predicted molar refractivity (Wildman–Crippen MR) is 191 cm³/mol. The zero-order chi connectivity index (χ0) is 36.7. The van der Waals surface area contributed by atoms with Crippen molar-refractivity contribution in [3.63, 3.8) is 0 Å². The molecule has 0 spiro atoms. The number of hydrogen-bond donors (Lipinski definition) is 2. The second-order valence-electron chi connectivity index (χ2n) is 12.9. The lowest BCUT2D eigenvalue weighted by atomic mass is 9.96. The topological polar surface area (TPSA) is 173 Å². The molecule has 1 atom stereocenters. The Morgan fingerprint density at radius 2 is 1.79 bits per heavy atom. The maximum absolute atomic E-state index is 13.3. The van der Waals surface area contributed by atoms with Crippen molar-refractivity contribution >= 4 is 69.1 Å². The molecule has 1 unspecified atom stereocenters. The molecule has 5 heterocycles. The van der Waals surface area contributed by atoms with Crippen LogP contribution < -0.4 is 25.8 Å². The molecule has 3 aliphatic heterocycles. The number of aryl methyl sites for hydroxylation is 1. The van der Waals surface area contributed by atoms with Crippen LogP contribution in [0.25, 0.3) is 10.9 Å². The Bertz CT molecular complexity index is 2320. The highest BCUT2D eigenvalue weighted by molar-refractivity contribution is 6.32. The highest BCUT2D eigenvalue weighted by Gasteiger charge is 2.44. The van der Waals surface area contributed by atoms with Gasteiger partial charge in [-0.3, -0.25) is 39.0 Å². The Hall–Kier alpha value is -6.07. The van der Waals surface area contributed by atoms with Gasteiger partial charge >= 0.3 is 0 Å². The standard InChI is InChI=1S/C37H32ClN7O7/c1-20(46)19-52-30-16-22-15-23(4-7-28(22)43(2)37(30)51)40-33-27(38)18-39-31(41-33)9-3-21-11-13-44(14-12-21)24-5-6-25-26(17-24)36(50)45(35(25)49)29-8-10-32(47)42-34(29)48/h4-7,15-18,21,29H,8,10-14,19H2,1-2H3,(H,39,40,41)(H,42,47,48). The SMILES string of the molecule is CC(=O)COc1cc2cc(Nc3nc(C#CC4CCN(c5ccc6c(c5)C(=O)N(C5CCC(=O)NC5=O)C6=O)CC4)ncc3Cl)ccc2n(C)c1=O. The van der Waals surface area contributed by atoms with Crippen molar-refractivity contribution in [2.24, 2.45) is 13.0 Å². The summed E-state index contributed by atoms with van der Waals surface area (Å²) in [5.74, 6) is 4.81. The third kappa shape index (κ3) is 6.70. The van der Waals surface area contributed by atoms with E-state index in [1.54, 1.807) is 43.4 Å². The van der Waals surface area contributed by atoms with Crippen molar-refractivity contribution in [3.8, 4) is 17.6 Å². The van der Waals surface area contributed by atoms with Crippen molar-refractivity contribution in [2.75, 3.05) is 29.9 Å². The third-order valence-corrected chi connectivity index (χ3v) is 9.58. The molecule has 52 heavy (non-hydrogen) atoms. The number of halogens is 1. The summed E-state index contributed by atoms with van der Waals surface area (Å²) in [7, 11) is 1.63. The number of pyridine rings is 1. The molecule has 15 heteroatoms. The average molecular weight is 722 g/mol. The van der Waals surface area contributed by atoms with Gasteiger partial charge in [0.25, 0.3) is 17.4 Å². The van der Waals surface area contributed by atoms with Crippen molar-refractivity contribution in [1.82, 2.24) is 24.8 Å². The molecule has 4 amide bonds. The van der Waals surface area contributed by atoms with Crippen LogP contribution in [0.5, 0.6) is 5.75 Å². The van der Waals surface area contributed by atoms with Crippen LogP contribution in [0.4, 0.5) is 17.2 Å². The van der Waals surface area contributed by atoms with E-state index in [-0.39, 0.29) is 53.6 Å². The molecule has 0 radical (unpaired) electrons. The number of anilines is 3.